The fourth-order valence-electron chi connectivity index (χ4n) is 3.35. The van der Waals surface area contributed by atoms with Crippen LogP contribution in [0.1, 0.15) is 78.2 Å². The van der Waals surface area contributed by atoms with Gasteiger partial charge < -0.3 is 0 Å². The molecule has 0 aliphatic heterocycles. The van der Waals surface area contributed by atoms with E-state index in [2.05, 4.69) is 27.7 Å². The molecule has 1 aromatic carbocycles. The average molecular weight is 380 g/mol. The lowest BCUT2D eigenvalue weighted by atomic mass is 9.88. The molecular weight excluding hydrogens is 342 g/mol. The number of rotatable bonds is 12. The SMILES string of the molecule is CCCCC(C)CCC(CC)C(CC)=NCc1ccc(S(C)(=O)=O)cc1. The number of benzene rings is 1. The third-order valence-corrected chi connectivity index (χ3v) is 6.33. The van der Waals surface area contributed by atoms with E-state index in [9.17, 15) is 8.42 Å². The number of sulfone groups is 1. The van der Waals surface area contributed by atoms with Crippen molar-refractivity contribution in [3.63, 3.8) is 0 Å². The van der Waals surface area contributed by atoms with Gasteiger partial charge in [-0.1, -0.05) is 65.5 Å². The second-order valence-corrected chi connectivity index (χ2v) is 9.52. The Bertz CT molecular complexity index is 647. The third-order valence-electron chi connectivity index (χ3n) is 5.20. The topological polar surface area (TPSA) is 46.5 Å². The minimum absolute atomic E-state index is 0.369. The van der Waals surface area contributed by atoms with Gasteiger partial charge in [-0.25, -0.2) is 8.42 Å². The van der Waals surface area contributed by atoms with Gasteiger partial charge in [0.25, 0.3) is 0 Å². The van der Waals surface area contributed by atoms with Crippen LogP contribution in [-0.4, -0.2) is 20.4 Å². The maximum absolute atomic E-state index is 11.5. The Labute approximate surface area is 161 Å². The summed E-state index contributed by atoms with van der Waals surface area (Å²) >= 11 is 0. The summed E-state index contributed by atoms with van der Waals surface area (Å²) in [6, 6.07) is 7.11. The molecule has 4 heteroatoms. The standard InChI is InChI=1S/C22H37NO2S/c1-6-9-10-18(4)11-14-20(7-2)22(8-3)23-17-19-12-15-21(16-13-19)26(5,24)25/h12-13,15-16,18,20H,6-11,14,17H2,1-5H3. The van der Waals surface area contributed by atoms with Crippen LogP contribution in [0.5, 0.6) is 0 Å². The predicted molar refractivity (Wildman–Crippen MR) is 113 cm³/mol. The van der Waals surface area contributed by atoms with E-state index in [1.165, 1.54) is 44.1 Å². The molecule has 2 atom stereocenters. The predicted octanol–water partition coefficient (Wildman–Crippen LogP) is 6.07. The van der Waals surface area contributed by atoms with Crippen molar-refractivity contribution in [2.75, 3.05) is 6.26 Å². The number of unbranched alkanes of at least 4 members (excludes halogenated alkanes) is 1. The summed E-state index contributed by atoms with van der Waals surface area (Å²) < 4.78 is 23.1. The average Bonchev–Trinajstić information content (AvgIpc) is 2.62. The van der Waals surface area contributed by atoms with E-state index in [1.807, 2.05) is 12.1 Å². The van der Waals surface area contributed by atoms with Crippen LogP contribution in [0.15, 0.2) is 34.2 Å². The lowest BCUT2D eigenvalue weighted by Crippen LogP contribution is -2.15. The van der Waals surface area contributed by atoms with Crippen LogP contribution in [0, 0.1) is 11.8 Å². The molecule has 0 fully saturated rings. The molecule has 0 aliphatic carbocycles. The van der Waals surface area contributed by atoms with E-state index >= 15 is 0 Å². The molecule has 0 aliphatic rings. The summed E-state index contributed by atoms with van der Waals surface area (Å²) in [5.74, 6) is 1.37. The first kappa shape index (κ1) is 22.9. The highest BCUT2D eigenvalue weighted by atomic mass is 32.2. The van der Waals surface area contributed by atoms with Gasteiger partial charge in [-0.15, -0.1) is 0 Å². The maximum Gasteiger partial charge on any atom is 0.175 e. The van der Waals surface area contributed by atoms with E-state index < -0.39 is 9.84 Å². The van der Waals surface area contributed by atoms with E-state index in [-0.39, 0.29) is 0 Å². The fraction of sp³-hybridized carbons (Fsp3) is 0.682. The fourth-order valence-corrected chi connectivity index (χ4v) is 3.98. The molecule has 0 N–H and O–H groups in total. The summed E-state index contributed by atoms with van der Waals surface area (Å²) in [4.78, 5) is 5.25. The first-order chi connectivity index (χ1) is 12.3. The van der Waals surface area contributed by atoms with Gasteiger partial charge in [-0.2, -0.15) is 0 Å². The van der Waals surface area contributed by atoms with Crippen molar-refractivity contribution in [3.8, 4) is 0 Å². The molecule has 3 nitrogen and oxygen atoms in total. The Morgan fingerprint density at radius 2 is 1.69 bits per heavy atom. The van der Waals surface area contributed by atoms with Crippen molar-refractivity contribution in [3.05, 3.63) is 29.8 Å². The second kappa shape index (κ2) is 11.5. The van der Waals surface area contributed by atoms with Crippen LogP contribution >= 0.6 is 0 Å². The highest BCUT2D eigenvalue weighted by Crippen LogP contribution is 2.22. The summed E-state index contributed by atoms with van der Waals surface area (Å²) in [5, 5.41) is 0. The largest absolute Gasteiger partial charge is 0.289 e. The molecule has 0 radical (unpaired) electrons. The summed E-state index contributed by atoms with van der Waals surface area (Å²) in [6.45, 7) is 9.71. The van der Waals surface area contributed by atoms with Gasteiger partial charge in [0.2, 0.25) is 0 Å². The molecule has 0 saturated heterocycles. The van der Waals surface area contributed by atoms with Crippen molar-refractivity contribution in [2.45, 2.75) is 84.1 Å². The molecular formula is C22H37NO2S. The monoisotopic (exact) mass is 379 g/mol. The van der Waals surface area contributed by atoms with Gasteiger partial charge in [0.05, 0.1) is 11.4 Å². The normalized spacial score (nSPS) is 15.0. The molecule has 2 unspecified atom stereocenters. The van der Waals surface area contributed by atoms with Gasteiger partial charge in [-0.3, -0.25) is 4.99 Å². The zero-order valence-electron chi connectivity index (χ0n) is 17.3. The van der Waals surface area contributed by atoms with Crippen LogP contribution < -0.4 is 0 Å². The Morgan fingerprint density at radius 1 is 1.04 bits per heavy atom. The van der Waals surface area contributed by atoms with Gasteiger partial charge in [0.15, 0.2) is 9.84 Å². The minimum Gasteiger partial charge on any atom is -0.289 e. The zero-order valence-corrected chi connectivity index (χ0v) is 18.1. The number of hydrogen-bond donors (Lipinski definition) is 0. The molecule has 1 rings (SSSR count). The Balaban J connectivity index is 2.69. The molecule has 0 saturated carbocycles. The zero-order chi connectivity index (χ0) is 19.6. The number of hydrogen-bond acceptors (Lipinski definition) is 3. The summed E-state index contributed by atoms with van der Waals surface area (Å²) in [7, 11) is -3.13. The van der Waals surface area contributed by atoms with Crippen LogP contribution in [0.2, 0.25) is 0 Å². The van der Waals surface area contributed by atoms with Crippen LogP contribution in [-0.2, 0) is 16.4 Å². The van der Waals surface area contributed by atoms with Gasteiger partial charge in [0.1, 0.15) is 0 Å². The molecule has 0 heterocycles. The maximum atomic E-state index is 11.5. The highest BCUT2D eigenvalue weighted by Gasteiger charge is 2.14. The Kier molecular flexibility index (Phi) is 10.1. The first-order valence-electron chi connectivity index (χ1n) is 10.1. The van der Waals surface area contributed by atoms with Gasteiger partial charge >= 0.3 is 0 Å². The van der Waals surface area contributed by atoms with E-state index in [0.29, 0.717) is 17.4 Å². The third kappa shape index (κ3) is 8.03. The Morgan fingerprint density at radius 3 is 2.19 bits per heavy atom. The molecule has 0 amide bonds. The van der Waals surface area contributed by atoms with Crippen molar-refractivity contribution in [1.29, 1.82) is 0 Å². The van der Waals surface area contributed by atoms with E-state index in [4.69, 9.17) is 4.99 Å². The molecule has 0 spiro atoms. The summed E-state index contributed by atoms with van der Waals surface area (Å²) in [6.07, 6.45) is 9.81. The molecule has 1 aromatic rings. The number of nitrogens with zero attached hydrogens (tertiary/aromatic N) is 1. The summed E-state index contributed by atoms with van der Waals surface area (Å²) in [5.41, 5.74) is 2.37. The van der Waals surface area contributed by atoms with Crippen LogP contribution in [0.4, 0.5) is 0 Å². The smallest absolute Gasteiger partial charge is 0.175 e. The molecule has 0 aromatic heterocycles. The lowest BCUT2D eigenvalue weighted by Gasteiger charge is -2.19. The second-order valence-electron chi connectivity index (χ2n) is 7.51. The first-order valence-corrected chi connectivity index (χ1v) is 12.0. The van der Waals surface area contributed by atoms with Crippen molar-refractivity contribution < 1.29 is 8.42 Å². The molecule has 148 valence electrons. The Hall–Kier alpha value is -1.16. The number of aliphatic imine (C=N–C) groups is 1. The minimum atomic E-state index is -3.13. The van der Waals surface area contributed by atoms with Gasteiger partial charge in [0, 0.05) is 12.0 Å². The molecule has 26 heavy (non-hydrogen) atoms. The van der Waals surface area contributed by atoms with Crippen LogP contribution in [0.25, 0.3) is 0 Å². The van der Waals surface area contributed by atoms with Crippen molar-refractivity contribution in [2.24, 2.45) is 16.8 Å². The molecule has 0 bridgehead atoms. The lowest BCUT2D eigenvalue weighted by molar-refractivity contribution is 0.424. The van der Waals surface area contributed by atoms with E-state index in [1.54, 1.807) is 12.1 Å². The van der Waals surface area contributed by atoms with Gasteiger partial charge in [-0.05, 0) is 48.8 Å². The van der Waals surface area contributed by atoms with E-state index in [0.717, 1.165) is 24.3 Å². The van der Waals surface area contributed by atoms with Crippen molar-refractivity contribution in [1.82, 2.24) is 0 Å². The quantitative estimate of drug-likeness (QED) is 0.413. The van der Waals surface area contributed by atoms with Crippen molar-refractivity contribution >= 4 is 15.5 Å². The highest BCUT2D eigenvalue weighted by molar-refractivity contribution is 7.90. The van der Waals surface area contributed by atoms with Crippen LogP contribution in [0.3, 0.4) is 0 Å².